The minimum atomic E-state index is -3.68. The van der Waals surface area contributed by atoms with Crippen LogP contribution in [0.3, 0.4) is 0 Å². The van der Waals surface area contributed by atoms with E-state index < -0.39 is 15.8 Å². The maximum atomic E-state index is 13.3. The molecule has 0 amide bonds. The first kappa shape index (κ1) is 15.7. The molecule has 114 valence electrons. The molecule has 2 aromatic rings. The van der Waals surface area contributed by atoms with Crippen LogP contribution in [0.2, 0.25) is 0 Å². The van der Waals surface area contributed by atoms with E-state index in [1.165, 1.54) is 29.7 Å². The van der Waals surface area contributed by atoms with Gasteiger partial charge in [-0.25, -0.2) is 12.8 Å². The van der Waals surface area contributed by atoms with Crippen molar-refractivity contribution in [2.75, 3.05) is 7.05 Å². The van der Waals surface area contributed by atoms with E-state index in [4.69, 9.17) is 4.42 Å². The number of nitrogens with zero attached hydrogens (tertiary/aromatic N) is 1. The molecule has 4 nitrogen and oxygen atoms in total. The molecule has 0 spiro atoms. The summed E-state index contributed by atoms with van der Waals surface area (Å²) in [5.74, 6) is 0.252. The van der Waals surface area contributed by atoms with Gasteiger partial charge in [0.25, 0.3) is 0 Å². The molecule has 0 fully saturated rings. The quantitative estimate of drug-likeness (QED) is 0.871. The van der Waals surface area contributed by atoms with Crippen molar-refractivity contribution in [2.24, 2.45) is 0 Å². The van der Waals surface area contributed by atoms with Crippen LogP contribution in [0.1, 0.15) is 22.5 Å². The molecule has 6 heteroatoms. The fourth-order valence-electron chi connectivity index (χ4n) is 2.36. The second kappa shape index (κ2) is 5.61. The van der Waals surface area contributed by atoms with Crippen molar-refractivity contribution < 1.29 is 17.2 Å². The molecule has 0 unspecified atom stereocenters. The van der Waals surface area contributed by atoms with E-state index in [1.54, 1.807) is 26.8 Å². The normalized spacial score (nSPS) is 12.1. The van der Waals surface area contributed by atoms with Gasteiger partial charge in [0.15, 0.2) is 0 Å². The molecule has 1 aromatic heterocycles. The zero-order valence-electron chi connectivity index (χ0n) is 12.5. The summed E-state index contributed by atoms with van der Waals surface area (Å²) in [6, 6.07) is 4.21. The molecule has 0 aliphatic rings. The highest BCUT2D eigenvalue weighted by Crippen LogP contribution is 2.25. The van der Waals surface area contributed by atoms with E-state index in [9.17, 15) is 12.8 Å². The number of hydrogen-bond donors (Lipinski definition) is 0. The third-order valence-electron chi connectivity index (χ3n) is 3.45. The first-order valence-electron chi connectivity index (χ1n) is 6.49. The molecule has 0 aliphatic heterocycles. The number of benzene rings is 1. The van der Waals surface area contributed by atoms with Crippen molar-refractivity contribution in [3.63, 3.8) is 0 Å². The Morgan fingerprint density at radius 1 is 1.19 bits per heavy atom. The van der Waals surface area contributed by atoms with Crippen molar-refractivity contribution in [1.29, 1.82) is 0 Å². The van der Waals surface area contributed by atoms with E-state index in [0.717, 1.165) is 5.56 Å². The van der Waals surface area contributed by atoms with Crippen LogP contribution >= 0.6 is 0 Å². The summed E-state index contributed by atoms with van der Waals surface area (Å²) in [5.41, 5.74) is 1.62. The average molecular weight is 311 g/mol. The van der Waals surface area contributed by atoms with Crippen LogP contribution in [0.15, 0.2) is 33.8 Å². The lowest BCUT2D eigenvalue weighted by molar-refractivity contribution is 0.458. The lowest BCUT2D eigenvalue weighted by Gasteiger charge is -2.20. The van der Waals surface area contributed by atoms with Gasteiger partial charge in [-0.3, -0.25) is 0 Å². The number of rotatable bonds is 4. The number of aryl methyl sites for hydroxylation is 3. The fraction of sp³-hybridized carbons (Fsp3) is 0.333. The summed E-state index contributed by atoms with van der Waals surface area (Å²) in [5, 5.41) is 0. The number of sulfonamides is 1. The molecule has 2 rings (SSSR count). The second-order valence-corrected chi connectivity index (χ2v) is 7.11. The Kier molecular flexibility index (Phi) is 4.20. The minimum Gasteiger partial charge on any atom is -0.469 e. The number of hydrogen-bond acceptors (Lipinski definition) is 3. The minimum absolute atomic E-state index is 0.160. The predicted octanol–water partition coefficient (Wildman–Crippen LogP) is 3.16. The zero-order valence-corrected chi connectivity index (χ0v) is 13.3. The molecule has 0 N–H and O–H groups in total. The summed E-state index contributed by atoms with van der Waals surface area (Å²) in [6.07, 6.45) is 1.53. The summed E-state index contributed by atoms with van der Waals surface area (Å²) < 4.78 is 45.1. The molecule has 0 atom stereocenters. The van der Waals surface area contributed by atoms with Crippen LogP contribution in [-0.2, 0) is 16.6 Å². The lowest BCUT2D eigenvalue weighted by atomic mass is 10.1. The van der Waals surface area contributed by atoms with E-state index >= 15 is 0 Å². The van der Waals surface area contributed by atoms with Gasteiger partial charge in [0.1, 0.15) is 11.6 Å². The van der Waals surface area contributed by atoms with Crippen molar-refractivity contribution in [3.8, 4) is 0 Å². The van der Waals surface area contributed by atoms with Crippen LogP contribution < -0.4 is 0 Å². The van der Waals surface area contributed by atoms with Crippen LogP contribution in [0.25, 0.3) is 0 Å². The van der Waals surface area contributed by atoms with Crippen LogP contribution in [0, 0.1) is 26.6 Å². The van der Waals surface area contributed by atoms with Gasteiger partial charge in [0.05, 0.1) is 11.2 Å². The highest BCUT2D eigenvalue weighted by molar-refractivity contribution is 7.89. The number of furan rings is 1. The molecule has 0 saturated carbocycles. The molecule has 1 heterocycles. The largest absolute Gasteiger partial charge is 0.469 e. The topological polar surface area (TPSA) is 50.5 Å². The maximum Gasteiger partial charge on any atom is 0.243 e. The zero-order chi connectivity index (χ0) is 15.8. The van der Waals surface area contributed by atoms with Gasteiger partial charge in [0, 0.05) is 19.2 Å². The van der Waals surface area contributed by atoms with Crippen LogP contribution in [0.4, 0.5) is 4.39 Å². The Morgan fingerprint density at radius 3 is 2.24 bits per heavy atom. The molecule has 0 radical (unpaired) electrons. The van der Waals surface area contributed by atoms with E-state index in [-0.39, 0.29) is 11.4 Å². The Hall–Kier alpha value is -1.66. The van der Waals surface area contributed by atoms with E-state index in [1.807, 2.05) is 0 Å². The van der Waals surface area contributed by atoms with Gasteiger partial charge in [-0.15, -0.1) is 0 Å². The van der Waals surface area contributed by atoms with Crippen molar-refractivity contribution in [2.45, 2.75) is 32.2 Å². The van der Waals surface area contributed by atoms with E-state index in [2.05, 4.69) is 0 Å². The van der Waals surface area contributed by atoms with Crippen LogP contribution in [-0.4, -0.2) is 19.8 Å². The second-order valence-electron chi connectivity index (χ2n) is 5.13. The van der Waals surface area contributed by atoms with Gasteiger partial charge >= 0.3 is 0 Å². The lowest BCUT2D eigenvalue weighted by Crippen LogP contribution is -2.28. The third-order valence-corrected chi connectivity index (χ3v) is 5.56. The Balaban J connectivity index is 2.40. The summed E-state index contributed by atoms with van der Waals surface area (Å²) in [6.45, 7) is 5.19. The summed E-state index contributed by atoms with van der Waals surface area (Å²) >= 11 is 0. The molecule has 0 bridgehead atoms. The molecular weight excluding hydrogens is 293 g/mol. The molecule has 21 heavy (non-hydrogen) atoms. The van der Waals surface area contributed by atoms with Crippen LogP contribution in [0.5, 0.6) is 0 Å². The molecular formula is C15H18FNO3S. The van der Waals surface area contributed by atoms with Crippen molar-refractivity contribution in [3.05, 3.63) is 52.7 Å². The predicted molar refractivity (Wildman–Crippen MR) is 78.0 cm³/mol. The monoisotopic (exact) mass is 311 g/mol. The highest BCUT2D eigenvalue weighted by atomic mass is 32.2. The first-order valence-corrected chi connectivity index (χ1v) is 7.93. The standard InChI is InChI=1S/C15H18FNO3S/c1-10-7-14(16)8-11(2)15(10)21(18,19)17(4)9-13-5-6-20-12(13)3/h5-8H,9H2,1-4H3. The Bertz CT molecular complexity index is 742. The maximum absolute atomic E-state index is 13.3. The smallest absolute Gasteiger partial charge is 0.243 e. The first-order chi connectivity index (χ1) is 9.73. The highest BCUT2D eigenvalue weighted by Gasteiger charge is 2.26. The molecule has 1 aromatic carbocycles. The molecule has 0 aliphatic carbocycles. The van der Waals surface area contributed by atoms with Gasteiger partial charge in [-0.05, 0) is 50.1 Å². The fourth-order valence-corrected chi connectivity index (χ4v) is 3.91. The Morgan fingerprint density at radius 2 is 1.76 bits per heavy atom. The summed E-state index contributed by atoms with van der Waals surface area (Å²) in [4.78, 5) is 0.160. The van der Waals surface area contributed by atoms with E-state index in [0.29, 0.717) is 16.9 Å². The number of halogens is 1. The van der Waals surface area contributed by atoms with Gasteiger partial charge in [-0.2, -0.15) is 4.31 Å². The van der Waals surface area contributed by atoms with Crippen molar-refractivity contribution >= 4 is 10.0 Å². The third kappa shape index (κ3) is 3.01. The molecule has 0 saturated heterocycles. The Labute approximate surface area is 124 Å². The average Bonchev–Trinajstić information content (AvgIpc) is 2.73. The summed E-state index contributed by atoms with van der Waals surface area (Å²) in [7, 11) is -2.18. The van der Waals surface area contributed by atoms with Crippen molar-refractivity contribution in [1.82, 2.24) is 4.31 Å². The van der Waals surface area contributed by atoms with Gasteiger partial charge in [0.2, 0.25) is 10.0 Å². The van der Waals surface area contributed by atoms with Gasteiger partial charge < -0.3 is 4.42 Å². The SMILES string of the molecule is Cc1cc(F)cc(C)c1S(=O)(=O)N(C)Cc1ccoc1C. The van der Waals surface area contributed by atoms with Gasteiger partial charge in [-0.1, -0.05) is 0 Å².